The van der Waals surface area contributed by atoms with Gasteiger partial charge in [-0.05, 0) is 34.1 Å². The molecule has 27 heavy (non-hydrogen) atoms. The first-order valence-corrected chi connectivity index (χ1v) is 8.45. The number of imidazole rings is 1. The summed E-state index contributed by atoms with van der Waals surface area (Å²) in [5.41, 5.74) is -0.545. The van der Waals surface area contributed by atoms with Crippen LogP contribution in [-0.4, -0.2) is 19.5 Å². The van der Waals surface area contributed by atoms with Crippen molar-refractivity contribution in [2.24, 2.45) is 0 Å². The molecule has 0 bridgehead atoms. The van der Waals surface area contributed by atoms with Gasteiger partial charge in [0, 0.05) is 12.4 Å². The maximum Gasteiger partial charge on any atom is 0.417 e. The standard InChI is InChI=1S/C16H6BrClF4N4O/c17-8-4-7(16(20,21)22)5-26-6-11(23-14(8)26)15-24-13(25-27-15)12-9(18)2-1-3-10(12)19/h1-6H. The topological polar surface area (TPSA) is 56.2 Å². The summed E-state index contributed by atoms with van der Waals surface area (Å²) in [6.45, 7) is 0. The first-order valence-electron chi connectivity index (χ1n) is 7.28. The van der Waals surface area contributed by atoms with Gasteiger partial charge in [-0.25, -0.2) is 9.37 Å². The predicted octanol–water partition coefficient (Wildman–Crippen LogP) is 5.63. The van der Waals surface area contributed by atoms with Crippen LogP contribution >= 0.6 is 27.5 Å². The fourth-order valence-electron chi connectivity index (χ4n) is 2.46. The van der Waals surface area contributed by atoms with E-state index in [0.29, 0.717) is 0 Å². The summed E-state index contributed by atoms with van der Waals surface area (Å²) in [7, 11) is 0. The van der Waals surface area contributed by atoms with Gasteiger partial charge < -0.3 is 8.92 Å². The van der Waals surface area contributed by atoms with Gasteiger partial charge >= 0.3 is 6.18 Å². The van der Waals surface area contributed by atoms with E-state index in [2.05, 4.69) is 31.1 Å². The van der Waals surface area contributed by atoms with Crippen molar-refractivity contribution in [3.63, 3.8) is 0 Å². The maximum atomic E-state index is 14.0. The molecule has 11 heteroatoms. The highest BCUT2D eigenvalue weighted by Gasteiger charge is 2.32. The Bertz CT molecular complexity index is 1150. The summed E-state index contributed by atoms with van der Waals surface area (Å²) in [6.07, 6.45) is -2.32. The first-order chi connectivity index (χ1) is 12.7. The minimum Gasteiger partial charge on any atom is -0.332 e. The minimum absolute atomic E-state index is 0.0431. The van der Waals surface area contributed by atoms with E-state index >= 15 is 0 Å². The number of fused-ring (bicyclic) bond motifs is 1. The smallest absolute Gasteiger partial charge is 0.332 e. The number of benzene rings is 1. The Labute approximate surface area is 161 Å². The third-order valence-electron chi connectivity index (χ3n) is 3.67. The van der Waals surface area contributed by atoms with E-state index in [1.165, 1.54) is 28.8 Å². The van der Waals surface area contributed by atoms with Crippen LogP contribution in [0.2, 0.25) is 5.02 Å². The number of halogens is 6. The van der Waals surface area contributed by atoms with Crippen LogP contribution in [-0.2, 0) is 6.18 Å². The van der Waals surface area contributed by atoms with Crippen LogP contribution in [0.15, 0.2) is 45.7 Å². The van der Waals surface area contributed by atoms with Crippen molar-refractivity contribution in [3.8, 4) is 23.0 Å². The zero-order valence-corrected chi connectivity index (χ0v) is 15.3. The highest BCUT2D eigenvalue weighted by atomic mass is 79.9. The highest BCUT2D eigenvalue weighted by molar-refractivity contribution is 9.10. The van der Waals surface area contributed by atoms with Crippen LogP contribution < -0.4 is 0 Å². The molecule has 0 saturated heterocycles. The Kier molecular flexibility index (Phi) is 4.19. The lowest BCUT2D eigenvalue weighted by atomic mass is 10.2. The molecule has 0 unspecified atom stereocenters. The normalized spacial score (nSPS) is 12.1. The molecule has 1 aromatic carbocycles. The molecule has 0 radical (unpaired) electrons. The van der Waals surface area contributed by atoms with Gasteiger partial charge in [-0.1, -0.05) is 22.8 Å². The lowest BCUT2D eigenvalue weighted by Crippen LogP contribution is -2.06. The van der Waals surface area contributed by atoms with Gasteiger partial charge in [-0.15, -0.1) is 0 Å². The fourth-order valence-corrected chi connectivity index (χ4v) is 3.24. The van der Waals surface area contributed by atoms with E-state index in [9.17, 15) is 17.6 Å². The van der Waals surface area contributed by atoms with E-state index in [0.717, 1.165) is 12.3 Å². The molecule has 0 fully saturated rings. The van der Waals surface area contributed by atoms with Crippen molar-refractivity contribution in [2.45, 2.75) is 6.18 Å². The molecule has 0 atom stereocenters. The second-order valence-electron chi connectivity index (χ2n) is 5.45. The highest BCUT2D eigenvalue weighted by Crippen LogP contribution is 2.34. The summed E-state index contributed by atoms with van der Waals surface area (Å²) in [6, 6.07) is 5.01. The average Bonchev–Trinajstić information content (AvgIpc) is 3.20. The van der Waals surface area contributed by atoms with Crippen LogP contribution in [0.1, 0.15) is 5.56 Å². The molecule has 138 valence electrons. The van der Waals surface area contributed by atoms with Gasteiger partial charge in [0.1, 0.15) is 11.5 Å². The first kappa shape index (κ1) is 17.9. The molecule has 0 saturated carbocycles. The number of hydrogen-bond acceptors (Lipinski definition) is 4. The zero-order chi connectivity index (χ0) is 19.3. The van der Waals surface area contributed by atoms with E-state index in [-0.39, 0.29) is 38.1 Å². The van der Waals surface area contributed by atoms with Crippen molar-refractivity contribution in [1.82, 2.24) is 19.5 Å². The molecule has 4 rings (SSSR count). The molecule has 3 heterocycles. The molecule has 5 nitrogen and oxygen atoms in total. The monoisotopic (exact) mass is 460 g/mol. The Morgan fingerprint density at radius 3 is 2.63 bits per heavy atom. The maximum absolute atomic E-state index is 14.0. The van der Waals surface area contributed by atoms with E-state index in [1.54, 1.807) is 0 Å². The number of alkyl halides is 3. The molecule has 3 aromatic heterocycles. The second kappa shape index (κ2) is 6.31. The Hall–Kier alpha value is -2.46. The zero-order valence-electron chi connectivity index (χ0n) is 12.9. The quantitative estimate of drug-likeness (QED) is 0.363. The van der Waals surface area contributed by atoms with Crippen LogP contribution in [0.4, 0.5) is 17.6 Å². The molecule has 0 spiro atoms. The molecule has 0 aliphatic carbocycles. The van der Waals surface area contributed by atoms with Gasteiger partial charge in [0.25, 0.3) is 5.89 Å². The minimum atomic E-state index is -4.51. The predicted molar refractivity (Wildman–Crippen MR) is 91.6 cm³/mol. The van der Waals surface area contributed by atoms with Crippen molar-refractivity contribution in [3.05, 3.63) is 57.5 Å². The Morgan fingerprint density at radius 2 is 1.93 bits per heavy atom. The van der Waals surface area contributed by atoms with Gasteiger partial charge in [0.2, 0.25) is 5.82 Å². The van der Waals surface area contributed by atoms with Gasteiger partial charge in [0.05, 0.1) is 20.6 Å². The summed E-state index contributed by atoms with van der Waals surface area (Å²) in [5.74, 6) is -0.823. The van der Waals surface area contributed by atoms with E-state index < -0.39 is 17.6 Å². The number of rotatable bonds is 2. The van der Waals surface area contributed by atoms with Gasteiger partial charge in [-0.3, -0.25) is 0 Å². The molecular formula is C16H6BrClF4N4O. The van der Waals surface area contributed by atoms with Crippen molar-refractivity contribution >= 4 is 33.2 Å². The molecule has 0 N–H and O–H groups in total. The van der Waals surface area contributed by atoms with E-state index in [4.69, 9.17) is 16.1 Å². The molecule has 4 aromatic rings. The number of aromatic nitrogens is 4. The summed E-state index contributed by atoms with van der Waals surface area (Å²) < 4.78 is 59.2. The molecule has 0 aliphatic heterocycles. The van der Waals surface area contributed by atoms with Gasteiger partial charge in [0.15, 0.2) is 5.65 Å². The van der Waals surface area contributed by atoms with Crippen LogP contribution in [0.3, 0.4) is 0 Å². The Morgan fingerprint density at radius 1 is 1.15 bits per heavy atom. The number of nitrogens with zero attached hydrogens (tertiary/aromatic N) is 4. The molecule has 0 amide bonds. The lowest BCUT2D eigenvalue weighted by Gasteiger charge is -2.07. The molecule has 0 aliphatic rings. The summed E-state index contributed by atoms with van der Waals surface area (Å²) in [4.78, 5) is 8.24. The average molecular weight is 462 g/mol. The third-order valence-corrected chi connectivity index (χ3v) is 4.56. The Balaban J connectivity index is 1.80. The van der Waals surface area contributed by atoms with E-state index in [1.807, 2.05) is 0 Å². The van der Waals surface area contributed by atoms with Crippen molar-refractivity contribution < 1.29 is 22.1 Å². The van der Waals surface area contributed by atoms with Crippen molar-refractivity contribution in [1.29, 1.82) is 0 Å². The van der Waals surface area contributed by atoms with Crippen molar-refractivity contribution in [2.75, 3.05) is 0 Å². The fraction of sp³-hybridized carbons (Fsp3) is 0.0625. The van der Waals surface area contributed by atoms with Crippen LogP contribution in [0.5, 0.6) is 0 Å². The van der Waals surface area contributed by atoms with Gasteiger partial charge in [-0.2, -0.15) is 18.2 Å². The second-order valence-corrected chi connectivity index (χ2v) is 6.71. The third kappa shape index (κ3) is 3.19. The molecular weight excluding hydrogens is 456 g/mol. The van der Waals surface area contributed by atoms with Crippen LogP contribution in [0, 0.1) is 5.82 Å². The largest absolute Gasteiger partial charge is 0.417 e. The summed E-state index contributed by atoms with van der Waals surface area (Å²) in [5, 5.41) is 3.77. The van der Waals surface area contributed by atoms with Crippen LogP contribution in [0.25, 0.3) is 28.6 Å². The summed E-state index contributed by atoms with van der Waals surface area (Å²) >= 11 is 9.04. The lowest BCUT2D eigenvalue weighted by molar-refractivity contribution is -0.137. The number of pyridine rings is 1. The number of hydrogen-bond donors (Lipinski definition) is 0. The SMILES string of the molecule is Fc1cccc(Cl)c1-c1noc(-c2cn3cc(C(F)(F)F)cc(Br)c3n2)n1.